The topological polar surface area (TPSA) is 64.7 Å². The minimum absolute atomic E-state index is 0.00621. The monoisotopic (exact) mass is 360 g/mol. The van der Waals surface area contributed by atoms with Crippen molar-refractivity contribution < 1.29 is 9.59 Å². The number of rotatable bonds is 7. The molecule has 1 aromatic rings. The van der Waals surface area contributed by atoms with Crippen LogP contribution in [0.25, 0.3) is 0 Å². The second-order valence-corrected chi connectivity index (χ2v) is 7.64. The number of piperidine rings is 1. The Kier molecular flexibility index (Phi) is 7.60. The lowest BCUT2D eigenvalue weighted by atomic mass is 9.99. The van der Waals surface area contributed by atoms with Crippen molar-refractivity contribution in [2.24, 2.45) is 5.92 Å². The maximum Gasteiger partial charge on any atom is 0.238 e. The van der Waals surface area contributed by atoms with E-state index < -0.39 is 0 Å². The van der Waals surface area contributed by atoms with Crippen molar-refractivity contribution in [3.63, 3.8) is 0 Å². The molecule has 0 unspecified atom stereocenters. The van der Waals surface area contributed by atoms with E-state index in [2.05, 4.69) is 22.5 Å². The van der Waals surface area contributed by atoms with Crippen LogP contribution in [-0.2, 0) is 9.59 Å². The first kappa shape index (κ1) is 20.4. The molecule has 144 valence electrons. The van der Waals surface area contributed by atoms with E-state index in [1.54, 1.807) is 0 Å². The first-order valence-electron chi connectivity index (χ1n) is 9.41. The summed E-state index contributed by atoms with van der Waals surface area (Å²) >= 11 is 0. The number of amides is 2. The average molecular weight is 361 g/mol. The van der Waals surface area contributed by atoms with Gasteiger partial charge in [-0.15, -0.1) is 0 Å². The summed E-state index contributed by atoms with van der Waals surface area (Å²) in [5.74, 6) is 0.728. The molecule has 0 atom stereocenters. The Morgan fingerprint density at radius 2 is 1.85 bits per heavy atom. The summed E-state index contributed by atoms with van der Waals surface area (Å²) in [5.41, 5.74) is 2.44. The van der Waals surface area contributed by atoms with Crippen LogP contribution in [-0.4, -0.2) is 61.9 Å². The predicted molar refractivity (Wildman–Crippen MR) is 106 cm³/mol. The van der Waals surface area contributed by atoms with E-state index in [0.29, 0.717) is 25.2 Å². The number of benzene rings is 1. The third-order valence-corrected chi connectivity index (χ3v) is 4.82. The Balaban J connectivity index is 1.89. The summed E-state index contributed by atoms with van der Waals surface area (Å²) in [6, 6.07) is 5.62. The van der Waals surface area contributed by atoms with Crippen LogP contribution in [0.5, 0.6) is 0 Å². The zero-order valence-electron chi connectivity index (χ0n) is 16.5. The lowest BCUT2D eigenvalue weighted by Gasteiger charge is -2.29. The van der Waals surface area contributed by atoms with Gasteiger partial charge in [0.2, 0.25) is 11.8 Å². The number of carbonyl (C=O) groups excluding carboxylic acids is 2. The highest BCUT2D eigenvalue weighted by Gasteiger charge is 2.18. The Labute approximate surface area is 156 Å². The highest BCUT2D eigenvalue weighted by atomic mass is 16.2. The fourth-order valence-electron chi connectivity index (χ4n) is 3.00. The highest BCUT2D eigenvalue weighted by molar-refractivity contribution is 5.95. The molecule has 2 N–H and O–H groups in total. The fraction of sp³-hybridized carbons (Fsp3) is 0.600. The molecule has 1 aliphatic rings. The standard InChI is InChI=1S/C20H32N4O2/c1-15-7-11-24(12-8-15)14-20(26)21-17-6-5-16(2)18(13-17)22-19(25)9-10-23(3)4/h5-6,13,15H,7-12,14H2,1-4H3,(H,21,26)(H,22,25). The van der Waals surface area contributed by atoms with Gasteiger partial charge in [-0.1, -0.05) is 13.0 Å². The summed E-state index contributed by atoms with van der Waals surface area (Å²) in [6.45, 7) is 7.30. The van der Waals surface area contributed by atoms with Gasteiger partial charge in [-0.25, -0.2) is 0 Å². The second kappa shape index (κ2) is 9.69. The summed E-state index contributed by atoms with van der Waals surface area (Å²) < 4.78 is 0. The lowest BCUT2D eigenvalue weighted by Crippen LogP contribution is -2.38. The van der Waals surface area contributed by atoms with E-state index >= 15 is 0 Å². The molecule has 0 spiro atoms. The first-order valence-corrected chi connectivity index (χ1v) is 9.41. The number of aryl methyl sites for hydroxylation is 1. The van der Waals surface area contributed by atoms with E-state index in [1.165, 1.54) is 0 Å². The van der Waals surface area contributed by atoms with Crippen molar-refractivity contribution >= 4 is 23.2 Å². The van der Waals surface area contributed by atoms with Crippen molar-refractivity contribution in [2.45, 2.75) is 33.1 Å². The van der Waals surface area contributed by atoms with Gasteiger partial charge in [0.1, 0.15) is 0 Å². The molecule has 1 aliphatic heterocycles. The molecule has 2 rings (SSSR count). The maximum absolute atomic E-state index is 12.3. The van der Waals surface area contributed by atoms with Gasteiger partial charge in [-0.3, -0.25) is 14.5 Å². The smallest absolute Gasteiger partial charge is 0.238 e. The second-order valence-electron chi connectivity index (χ2n) is 7.64. The summed E-state index contributed by atoms with van der Waals surface area (Å²) in [4.78, 5) is 28.6. The number of hydrogen-bond donors (Lipinski definition) is 2. The van der Waals surface area contributed by atoms with Crippen LogP contribution < -0.4 is 10.6 Å². The van der Waals surface area contributed by atoms with Crippen molar-refractivity contribution in [3.05, 3.63) is 23.8 Å². The quantitative estimate of drug-likeness (QED) is 0.784. The van der Waals surface area contributed by atoms with Crippen LogP contribution in [0.3, 0.4) is 0 Å². The molecule has 0 saturated carbocycles. The first-order chi connectivity index (χ1) is 12.3. The van der Waals surface area contributed by atoms with Crippen LogP contribution in [0.4, 0.5) is 11.4 Å². The zero-order chi connectivity index (χ0) is 19.1. The molecule has 1 aromatic carbocycles. The van der Waals surface area contributed by atoms with E-state index in [0.717, 1.165) is 43.1 Å². The molecule has 0 aromatic heterocycles. The predicted octanol–water partition coefficient (Wildman–Crippen LogP) is 2.56. The van der Waals surface area contributed by atoms with Gasteiger partial charge >= 0.3 is 0 Å². The molecule has 1 fully saturated rings. The SMILES string of the molecule is Cc1ccc(NC(=O)CN2CCC(C)CC2)cc1NC(=O)CCN(C)C. The molecular weight excluding hydrogens is 328 g/mol. The molecule has 26 heavy (non-hydrogen) atoms. The largest absolute Gasteiger partial charge is 0.326 e. The van der Waals surface area contributed by atoms with Crippen molar-refractivity contribution in [1.82, 2.24) is 9.80 Å². The molecule has 0 radical (unpaired) electrons. The Bertz CT molecular complexity index is 622. The van der Waals surface area contributed by atoms with E-state index in [9.17, 15) is 9.59 Å². The van der Waals surface area contributed by atoms with Gasteiger partial charge in [0.05, 0.1) is 6.54 Å². The molecular formula is C20H32N4O2. The van der Waals surface area contributed by atoms with Crippen LogP contribution in [0, 0.1) is 12.8 Å². The van der Waals surface area contributed by atoms with Crippen molar-refractivity contribution in [3.8, 4) is 0 Å². The van der Waals surface area contributed by atoms with Crippen molar-refractivity contribution in [1.29, 1.82) is 0 Å². The molecule has 6 nitrogen and oxygen atoms in total. The number of hydrogen-bond acceptors (Lipinski definition) is 4. The summed E-state index contributed by atoms with van der Waals surface area (Å²) in [6.07, 6.45) is 2.75. The van der Waals surface area contributed by atoms with Gasteiger partial charge in [0.15, 0.2) is 0 Å². The van der Waals surface area contributed by atoms with Crippen LogP contribution >= 0.6 is 0 Å². The van der Waals surface area contributed by atoms with Gasteiger partial charge in [-0.05, 0) is 70.6 Å². The normalized spacial score (nSPS) is 15.9. The molecule has 0 aliphatic carbocycles. The number of anilines is 2. The van der Waals surface area contributed by atoms with Gasteiger partial charge in [-0.2, -0.15) is 0 Å². The minimum atomic E-state index is -0.0206. The fourth-order valence-corrected chi connectivity index (χ4v) is 3.00. The number of nitrogens with zero attached hydrogens (tertiary/aromatic N) is 2. The zero-order valence-corrected chi connectivity index (χ0v) is 16.5. The van der Waals surface area contributed by atoms with Crippen LogP contribution in [0.1, 0.15) is 31.7 Å². The lowest BCUT2D eigenvalue weighted by molar-refractivity contribution is -0.118. The van der Waals surface area contributed by atoms with E-state index in [-0.39, 0.29) is 11.8 Å². The number of carbonyl (C=O) groups is 2. The average Bonchev–Trinajstić information content (AvgIpc) is 2.58. The molecule has 2 amide bonds. The van der Waals surface area contributed by atoms with Gasteiger partial charge in [0.25, 0.3) is 0 Å². The van der Waals surface area contributed by atoms with Crippen LogP contribution in [0.2, 0.25) is 0 Å². The van der Waals surface area contributed by atoms with Gasteiger partial charge < -0.3 is 15.5 Å². The maximum atomic E-state index is 12.3. The number of nitrogens with one attached hydrogen (secondary N) is 2. The summed E-state index contributed by atoms with van der Waals surface area (Å²) in [7, 11) is 3.88. The van der Waals surface area contributed by atoms with E-state index in [4.69, 9.17) is 0 Å². The third-order valence-electron chi connectivity index (χ3n) is 4.82. The Morgan fingerprint density at radius 1 is 1.15 bits per heavy atom. The Morgan fingerprint density at radius 3 is 2.50 bits per heavy atom. The Hall–Kier alpha value is -1.92. The molecule has 0 bridgehead atoms. The van der Waals surface area contributed by atoms with Crippen molar-refractivity contribution in [2.75, 3.05) is 50.9 Å². The molecule has 1 heterocycles. The molecule has 1 saturated heterocycles. The number of likely N-dealkylation sites (tertiary alicyclic amines) is 1. The minimum Gasteiger partial charge on any atom is -0.326 e. The van der Waals surface area contributed by atoms with E-state index in [1.807, 2.05) is 44.1 Å². The summed E-state index contributed by atoms with van der Waals surface area (Å²) in [5, 5.41) is 5.89. The highest BCUT2D eigenvalue weighted by Crippen LogP contribution is 2.21. The molecule has 6 heteroatoms. The van der Waals surface area contributed by atoms with Gasteiger partial charge in [0, 0.05) is 24.3 Å². The third kappa shape index (κ3) is 6.77. The van der Waals surface area contributed by atoms with Crippen LogP contribution in [0.15, 0.2) is 18.2 Å².